The third-order valence-electron chi connectivity index (χ3n) is 4.55. The van der Waals surface area contributed by atoms with Crippen LogP contribution >= 0.6 is 11.3 Å². The van der Waals surface area contributed by atoms with Crippen LogP contribution in [-0.4, -0.2) is 35.5 Å². The van der Waals surface area contributed by atoms with Gasteiger partial charge in [0.15, 0.2) is 0 Å². The zero-order chi connectivity index (χ0) is 17.8. The predicted molar refractivity (Wildman–Crippen MR) is 104 cm³/mol. The standard InChI is InChI=1S/C20H20N4OS/c25-20(21-9-8-17-7-4-10-26-17)16-12-24(13-16)19-11-18(22-14-23-19)15-5-2-1-3-6-15/h1-7,10-11,14,16H,8-9,12-13H2,(H,21,25). The summed E-state index contributed by atoms with van der Waals surface area (Å²) in [4.78, 5) is 24.4. The molecule has 132 valence electrons. The summed E-state index contributed by atoms with van der Waals surface area (Å²) < 4.78 is 0. The van der Waals surface area contributed by atoms with Crippen LogP contribution in [0.4, 0.5) is 5.82 Å². The predicted octanol–water partition coefficient (Wildman–Crippen LogP) is 3.00. The number of benzene rings is 1. The summed E-state index contributed by atoms with van der Waals surface area (Å²) in [5.41, 5.74) is 1.97. The highest BCUT2D eigenvalue weighted by Gasteiger charge is 2.33. The molecule has 0 unspecified atom stereocenters. The lowest BCUT2D eigenvalue weighted by Crippen LogP contribution is -2.54. The number of carbonyl (C=O) groups excluding carboxylic acids is 1. The molecule has 5 nitrogen and oxygen atoms in total. The van der Waals surface area contributed by atoms with Crippen molar-refractivity contribution in [2.24, 2.45) is 5.92 Å². The zero-order valence-electron chi connectivity index (χ0n) is 14.3. The molecule has 1 amide bonds. The van der Waals surface area contributed by atoms with Crippen molar-refractivity contribution in [3.05, 3.63) is 65.1 Å². The van der Waals surface area contributed by atoms with E-state index in [9.17, 15) is 4.79 Å². The average Bonchev–Trinajstić information content (AvgIpc) is 3.15. The number of amides is 1. The van der Waals surface area contributed by atoms with E-state index in [1.165, 1.54) is 4.88 Å². The Bertz CT molecular complexity index is 861. The van der Waals surface area contributed by atoms with Gasteiger partial charge in [-0.15, -0.1) is 11.3 Å². The highest BCUT2D eigenvalue weighted by atomic mass is 32.1. The molecule has 1 aliphatic rings. The molecule has 0 saturated carbocycles. The molecule has 1 aromatic carbocycles. The topological polar surface area (TPSA) is 58.1 Å². The molecule has 0 radical (unpaired) electrons. The number of rotatable bonds is 6. The fourth-order valence-corrected chi connectivity index (χ4v) is 3.74. The van der Waals surface area contributed by atoms with Gasteiger partial charge in [-0.05, 0) is 17.9 Å². The van der Waals surface area contributed by atoms with E-state index in [0.29, 0.717) is 19.6 Å². The first-order valence-corrected chi connectivity index (χ1v) is 9.60. The number of nitrogens with zero attached hydrogens (tertiary/aromatic N) is 3. The Morgan fingerprint density at radius 3 is 2.77 bits per heavy atom. The summed E-state index contributed by atoms with van der Waals surface area (Å²) in [5.74, 6) is 1.05. The maximum absolute atomic E-state index is 12.3. The lowest BCUT2D eigenvalue weighted by molar-refractivity contribution is -0.125. The second-order valence-corrected chi connectivity index (χ2v) is 7.38. The van der Waals surface area contributed by atoms with Crippen molar-refractivity contribution in [1.82, 2.24) is 15.3 Å². The van der Waals surface area contributed by atoms with Gasteiger partial charge in [0.05, 0.1) is 11.6 Å². The van der Waals surface area contributed by atoms with E-state index in [0.717, 1.165) is 23.5 Å². The second-order valence-electron chi connectivity index (χ2n) is 6.35. The Balaban J connectivity index is 1.30. The van der Waals surface area contributed by atoms with Crippen LogP contribution in [0.3, 0.4) is 0 Å². The number of hydrogen-bond acceptors (Lipinski definition) is 5. The number of aromatic nitrogens is 2. The first-order chi connectivity index (χ1) is 12.8. The van der Waals surface area contributed by atoms with Crippen LogP contribution in [0.15, 0.2) is 60.2 Å². The van der Waals surface area contributed by atoms with Crippen molar-refractivity contribution in [3.8, 4) is 11.3 Å². The van der Waals surface area contributed by atoms with E-state index in [1.54, 1.807) is 17.7 Å². The zero-order valence-corrected chi connectivity index (χ0v) is 15.2. The lowest BCUT2D eigenvalue weighted by Gasteiger charge is -2.39. The van der Waals surface area contributed by atoms with Crippen LogP contribution in [0.1, 0.15) is 4.88 Å². The number of nitrogens with one attached hydrogen (secondary N) is 1. The summed E-state index contributed by atoms with van der Waals surface area (Å²) in [6.07, 6.45) is 2.48. The molecular weight excluding hydrogens is 344 g/mol. The van der Waals surface area contributed by atoms with E-state index in [-0.39, 0.29) is 11.8 Å². The number of thiophene rings is 1. The minimum Gasteiger partial charge on any atom is -0.355 e. The third-order valence-corrected chi connectivity index (χ3v) is 5.49. The highest BCUT2D eigenvalue weighted by molar-refractivity contribution is 7.09. The van der Waals surface area contributed by atoms with Gasteiger partial charge >= 0.3 is 0 Å². The quantitative estimate of drug-likeness (QED) is 0.730. The molecule has 3 aromatic rings. The largest absolute Gasteiger partial charge is 0.355 e. The maximum atomic E-state index is 12.3. The molecule has 4 rings (SSSR count). The van der Waals surface area contributed by atoms with Crippen molar-refractivity contribution < 1.29 is 4.79 Å². The minimum atomic E-state index is 0.0356. The van der Waals surface area contributed by atoms with Gasteiger partial charge < -0.3 is 10.2 Å². The van der Waals surface area contributed by atoms with Gasteiger partial charge in [-0.3, -0.25) is 4.79 Å². The Morgan fingerprint density at radius 2 is 2.00 bits per heavy atom. The molecule has 1 aliphatic heterocycles. The summed E-state index contributed by atoms with van der Waals surface area (Å²) in [5, 5.41) is 5.10. The number of anilines is 1. The second kappa shape index (κ2) is 7.66. The SMILES string of the molecule is O=C(NCCc1cccs1)C1CN(c2cc(-c3ccccc3)ncn2)C1. The Hall–Kier alpha value is -2.73. The Kier molecular flexibility index (Phi) is 4.93. The third kappa shape index (κ3) is 3.75. The van der Waals surface area contributed by atoms with Gasteiger partial charge in [0.2, 0.25) is 5.91 Å². The van der Waals surface area contributed by atoms with Crippen LogP contribution in [0.25, 0.3) is 11.3 Å². The summed E-state index contributed by atoms with van der Waals surface area (Å²) in [6.45, 7) is 2.10. The smallest absolute Gasteiger partial charge is 0.226 e. The molecule has 1 saturated heterocycles. The van der Waals surface area contributed by atoms with Crippen LogP contribution < -0.4 is 10.2 Å². The van der Waals surface area contributed by atoms with E-state index < -0.39 is 0 Å². The maximum Gasteiger partial charge on any atom is 0.226 e. The molecule has 1 fully saturated rings. The van der Waals surface area contributed by atoms with Crippen molar-refractivity contribution in [3.63, 3.8) is 0 Å². The van der Waals surface area contributed by atoms with Gasteiger partial charge in [-0.1, -0.05) is 36.4 Å². The summed E-state index contributed by atoms with van der Waals surface area (Å²) in [6, 6.07) is 16.2. The average molecular weight is 364 g/mol. The number of carbonyl (C=O) groups is 1. The molecule has 2 aromatic heterocycles. The molecule has 1 N–H and O–H groups in total. The summed E-state index contributed by atoms with van der Waals surface area (Å²) >= 11 is 1.73. The fourth-order valence-electron chi connectivity index (χ4n) is 3.03. The van der Waals surface area contributed by atoms with Crippen molar-refractivity contribution in [2.75, 3.05) is 24.5 Å². The molecule has 6 heteroatoms. The molecule has 0 atom stereocenters. The van der Waals surface area contributed by atoms with Crippen LogP contribution in [-0.2, 0) is 11.2 Å². The van der Waals surface area contributed by atoms with Crippen molar-refractivity contribution in [1.29, 1.82) is 0 Å². The van der Waals surface area contributed by atoms with Gasteiger partial charge in [0.25, 0.3) is 0 Å². The van der Waals surface area contributed by atoms with E-state index >= 15 is 0 Å². The normalized spacial score (nSPS) is 14.1. The van der Waals surface area contributed by atoms with Crippen LogP contribution in [0.2, 0.25) is 0 Å². The molecule has 0 aliphatic carbocycles. The fraction of sp³-hybridized carbons (Fsp3) is 0.250. The Morgan fingerprint density at radius 1 is 1.15 bits per heavy atom. The minimum absolute atomic E-state index is 0.0356. The molecular formula is C20H20N4OS. The first kappa shape index (κ1) is 16.7. The van der Waals surface area contributed by atoms with E-state index in [4.69, 9.17) is 0 Å². The first-order valence-electron chi connectivity index (χ1n) is 8.72. The van der Waals surface area contributed by atoms with Gasteiger partial charge in [0, 0.05) is 36.1 Å². The van der Waals surface area contributed by atoms with Crippen LogP contribution in [0, 0.1) is 5.92 Å². The van der Waals surface area contributed by atoms with Crippen LogP contribution in [0.5, 0.6) is 0 Å². The summed E-state index contributed by atoms with van der Waals surface area (Å²) in [7, 11) is 0. The van der Waals surface area contributed by atoms with Gasteiger partial charge in [-0.2, -0.15) is 0 Å². The van der Waals surface area contributed by atoms with E-state index in [1.807, 2.05) is 42.5 Å². The Labute approximate surface area is 156 Å². The molecule has 3 heterocycles. The van der Waals surface area contributed by atoms with Gasteiger partial charge in [0.1, 0.15) is 12.1 Å². The molecule has 26 heavy (non-hydrogen) atoms. The highest BCUT2D eigenvalue weighted by Crippen LogP contribution is 2.26. The van der Waals surface area contributed by atoms with Gasteiger partial charge in [-0.25, -0.2) is 9.97 Å². The molecule has 0 bridgehead atoms. The van der Waals surface area contributed by atoms with Crippen molar-refractivity contribution >= 4 is 23.1 Å². The van der Waals surface area contributed by atoms with E-state index in [2.05, 4.69) is 31.6 Å². The monoisotopic (exact) mass is 364 g/mol. The lowest BCUT2D eigenvalue weighted by atomic mass is 9.99. The molecule has 0 spiro atoms. The van der Waals surface area contributed by atoms with Crippen molar-refractivity contribution in [2.45, 2.75) is 6.42 Å². The number of hydrogen-bond donors (Lipinski definition) is 1.